The first-order chi connectivity index (χ1) is 8.51. The Labute approximate surface area is 108 Å². The van der Waals surface area contributed by atoms with Crippen molar-refractivity contribution < 1.29 is 13.2 Å². The van der Waals surface area contributed by atoms with E-state index >= 15 is 0 Å². The Morgan fingerprint density at radius 3 is 2.67 bits per heavy atom. The van der Waals surface area contributed by atoms with E-state index in [2.05, 4.69) is 17.1 Å². The third-order valence-electron chi connectivity index (χ3n) is 3.43. The lowest BCUT2D eigenvalue weighted by molar-refractivity contribution is -0.135. The number of alkyl halides is 3. The zero-order valence-corrected chi connectivity index (χ0v) is 11.2. The summed E-state index contributed by atoms with van der Waals surface area (Å²) >= 11 is 0. The third kappa shape index (κ3) is 7.21. The summed E-state index contributed by atoms with van der Waals surface area (Å²) in [4.78, 5) is 2.46. The molecule has 1 saturated heterocycles. The highest BCUT2D eigenvalue weighted by atomic mass is 19.4. The van der Waals surface area contributed by atoms with Crippen molar-refractivity contribution >= 4 is 0 Å². The van der Waals surface area contributed by atoms with Gasteiger partial charge in [0.15, 0.2) is 0 Å². The molecular weight excluding hydrogens is 241 g/mol. The molecule has 18 heavy (non-hydrogen) atoms. The van der Waals surface area contributed by atoms with Crippen molar-refractivity contribution in [3.8, 4) is 0 Å². The van der Waals surface area contributed by atoms with Gasteiger partial charge in [-0.3, -0.25) is 0 Å². The van der Waals surface area contributed by atoms with Gasteiger partial charge < -0.3 is 10.2 Å². The fourth-order valence-corrected chi connectivity index (χ4v) is 2.49. The zero-order valence-electron chi connectivity index (χ0n) is 11.2. The van der Waals surface area contributed by atoms with E-state index in [0.29, 0.717) is 12.6 Å². The second kappa shape index (κ2) is 8.00. The summed E-state index contributed by atoms with van der Waals surface area (Å²) in [5.74, 6) is 0. The third-order valence-corrected chi connectivity index (χ3v) is 3.43. The van der Waals surface area contributed by atoms with Gasteiger partial charge in [-0.1, -0.05) is 6.92 Å². The van der Waals surface area contributed by atoms with Crippen molar-refractivity contribution in [3.63, 3.8) is 0 Å². The van der Waals surface area contributed by atoms with Crippen LogP contribution in [-0.4, -0.2) is 43.3 Å². The second-order valence-corrected chi connectivity index (χ2v) is 5.14. The first kappa shape index (κ1) is 15.8. The Bertz CT molecular complexity index is 219. The lowest BCUT2D eigenvalue weighted by Gasteiger charge is -2.19. The first-order valence-corrected chi connectivity index (χ1v) is 7.04. The standard InChI is InChI=1S/C13H25F3N2/c1-2-9-18-10-3-5-12(6-11-18)17-8-4-7-13(14,15)16/h12,17H,2-11H2,1H3. The molecule has 0 aromatic heterocycles. The summed E-state index contributed by atoms with van der Waals surface area (Å²) in [5, 5.41) is 3.27. The molecule has 1 aliphatic heterocycles. The molecule has 0 aromatic rings. The molecule has 0 radical (unpaired) electrons. The molecule has 1 unspecified atom stereocenters. The molecule has 2 nitrogen and oxygen atoms in total. The van der Waals surface area contributed by atoms with Crippen LogP contribution in [0.3, 0.4) is 0 Å². The highest BCUT2D eigenvalue weighted by Crippen LogP contribution is 2.21. The first-order valence-electron chi connectivity index (χ1n) is 7.04. The molecule has 5 heteroatoms. The van der Waals surface area contributed by atoms with Gasteiger partial charge in [0.25, 0.3) is 0 Å². The topological polar surface area (TPSA) is 15.3 Å². The molecule has 1 N–H and O–H groups in total. The molecule has 0 saturated carbocycles. The minimum atomic E-state index is -4.01. The minimum absolute atomic E-state index is 0.193. The Hall–Kier alpha value is -0.290. The van der Waals surface area contributed by atoms with Gasteiger partial charge in [-0.25, -0.2) is 0 Å². The molecule has 1 rings (SSSR count). The number of rotatable bonds is 6. The summed E-state index contributed by atoms with van der Waals surface area (Å²) in [7, 11) is 0. The van der Waals surface area contributed by atoms with Gasteiger partial charge in [0.2, 0.25) is 0 Å². The predicted octanol–water partition coefficient (Wildman–Crippen LogP) is 3.18. The van der Waals surface area contributed by atoms with E-state index in [1.54, 1.807) is 0 Å². The Kier molecular flexibility index (Phi) is 7.00. The van der Waals surface area contributed by atoms with Crippen molar-refractivity contribution in [1.29, 1.82) is 0 Å². The normalized spacial score (nSPS) is 23.0. The summed E-state index contributed by atoms with van der Waals surface area (Å²) in [5.41, 5.74) is 0. The zero-order chi connectivity index (χ0) is 13.4. The minimum Gasteiger partial charge on any atom is -0.314 e. The van der Waals surface area contributed by atoms with Crippen LogP contribution < -0.4 is 5.32 Å². The fraction of sp³-hybridized carbons (Fsp3) is 1.00. The maximum absolute atomic E-state index is 12.0. The van der Waals surface area contributed by atoms with Crippen LogP contribution >= 0.6 is 0 Å². The predicted molar refractivity (Wildman–Crippen MR) is 67.7 cm³/mol. The molecule has 1 fully saturated rings. The number of hydrogen-bond donors (Lipinski definition) is 1. The van der Waals surface area contributed by atoms with Crippen LogP contribution in [0.4, 0.5) is 13.2 Å². The van der Waals surface area contributed by atoms with Crippen molar-refractivity contribution in [3.05, 3.63) is 0 Å². The van der Waals surface area contributed by atoms with Gasteiger partial charge in [-0.2, -0.15) is 13.2 Å². The number of halogens is 3. The summed E-state index contributed by atoms with van der Waals surface area (Å²) in [6, 6.07) is 0.403. The van der Waals surface area contributed by atoms with Crippen molar-refractivity contribution in [1.82, 2.24) is 10.2 Å². The quantitative estimate of drug-likeness (QED) is 0.743. The summed E-state index contributed by atoms with van der Waals surface area (Å²) in [6.45, 7) is 6.01. The Morgan fingerprint density at radius 1 is 1.22 bits per heavy atom. The van der Waals surface area contributed by atoms with E-state index < -0.39 is 12.6 Å². The molecule has 1 heterocycles. The molecule has 0 aliphatic carbocycles. The molecule has 0 aromatic carbocycles. The molecule has 0 amide bonds. The number of likely N-dealkylation sites (tertiary alicyclic amines) is 1. The van der Waals surface area contributed by atoms with E-state index in [0.717, 1.165) is 38.9 Å². The smallest absolute Gasteiger partial charge is 0.314 e. The summed E-state index contributed by atoms with van der Waals surface area (Å²) < 4.78 is 36.0. The second-order valence-electron chi connectivity index (χ2n) is 5.14. The van der Waals surface area contributed by atoms with Crippen LogP contribution in [0.2, 0.25) is 0 Å². The van der Waals surface area contributed by atoms with Crippen molar-refractivity contribution in [2.75, 3.05) is 26.2 Å². The molecule has 1 aliphatic rings. The molecule has 0 bridgehead atoms. The average molecular weight is 266 g/mol. The lowest BCUT2D eigenvalue weighted by atomic mass is 10.1. The highest BCUT2D eigenvalue weighted by molar-refractivity contribution is 4.74. The largest absolute Gasteiger partial charge is 0.389 e. The monoisotopic (exact) mass is 266 g/mol. The van der Waals surface area contributed by atoms with Gasteiger partial charge in [-0.15, -0.1) is 0 Å². The van der Waals surface area contributed by atoms with Gasteiger partial charge >= 0.3 is 6.18 Å². The number of hydrogen-bond acceptors (Lipinski definition) is 2. The number of nitrogens with zero attached hydrogens (tertiary/aromatic N) is 1. The van der Waals surface area contributed by atoms with Gasteiger partial charge in [-0.05, 0) is 58.3 Å². The molecule has 108 valence electrons. The van der Waals surface area contributed by atoms with Gasteiger partial charge in [0.05, 0.1) is 0 Å². The average Bonchev–Trinajstić information content (AvgIpc) is 2.50. The van der Waals surface area contributed by atoms with Crippen LogP contribution in [0.25, 0.3) is 0 Å². The van der Waals surface area contributed by atoms with E-state index in [1.807, 2.05) is 0 Å². The maximum Gasteiger partial charge on any atom is 0.389 e. The highest BCUT2D eigenvalue weighted by Gasteiger charge is 2.26. The Balaban J connectivity index is 2.12. The van der Waals surface area contributed by atoms with E-state index in [9.17, 15) is 13.2 Å². The lowest BCUT2D eigenvalue weighted by Crippen LogP contribution is -2.32. The van der Waals surface area contributed by atoms with Crippen LogP contribution in [0.15, 0.2) is 0 Å². The van der Waals surface area contributed by atoms with E-state index in [1.165, 1.54) is 6.42 Å². The van der Waals surface area contributed by atoms with Crippen molar-refractivity contribution in [2.24, 2.45) is 0 Å². The number of nitrogens with one attached hydrogen (secondary N) is 1. The van der Waals surface area contributed by atoms with Crippen LogP contribution in [-0.2, 0) is 0 Å². The molecule has 0 spiro atoms. The van der Waals surface area contributed by atoms with E-state index in [-0.39, 0.29) is 6.42 Å². The SMILES string of the molecule is CCCN1CCCC(NCCCC(F)(F)F)CC1. The van der Waals surface area contributed by atoms with Crippen LogP contribution in [0.1, 0.15) is 45.4 Å². The van der Waals surface area contributed by atoms with Gasteiger partial charge in [0.1, 0.15) is 0 Å². The van der Waals surface area contributed by atoms with Gasteiger partial charge in [0, 0.05) is 12.5 Å². The van der Waals surface area contributed by atoms with Crippen LogP contribution in [0.5, 0.6) is 0 Å². The molecule has 1 atom stereocenters. The van der Waals surface area contributed by atoms with E-state index in [4.69, 9.17) is 0 Å². The van der Waals surface area contributed by atoms with Crippen LogP contribution in [0, 0.1) is 0 Å². The molecular formula is C13H25F3N2. The van der Waals surface area contributed by atoms with Crippen molar-refractivity contribution in [2.45, 2.75) is 57.7 Å². The Morgan fingerprint density at radius 2 is 2.00 bits per heavy atom. The maximum atomic E-state index is 12.0. The summed E-state index contributed by atoms with van der Waals surface area (Å²) in [6.07, 6.45) is -0.0186. The fourth-order valence-electron chi connectivity index (χ4n) is 2.49.